The van der Waals surface area contributed by atoms with Gasteiger partial charge in [-0.2, -0.15) is 4.52 Å². The summed E-state index contributed by atoms with van der Waals surface area (Å²) in [7, 11) is 0. The van der Waals surface area contributed by atoms with Crippen LogP contribution in [0.2, 0.25) is 0 Å². The van der Waals surface area contributed by atoms with Crippen molar-refractivity contribution in [1.82, 2.24) is 24.6 Å². The lowest BCUT2D eigenvalue weighted by Gasteiger charge is -2.12. The number of halogens is 3. The largest absolute Gasteiger partial charge is 0.368 e. The molecule has 9 heteroatoms. The summed E-state index contributed by atoms with van der Waals surface area (Å²) < 4.78 is 43.1. The molecule has 0 spiro atoms. The standard InChI is InChI=1S/C25H19F3N6/c1-14-13-16(11-12-30-14)22-23(15-5-7-17(26)8-6-15)32-25(29)34-24(22)31-21(33-34)10-9-18-19(27)3-2-4-20(18)28/h2-8,11-13H,9-10H2,1H3,(H2,29,32). The van der Waals surface area contributed by atoms with E-state index in [0.29, 0.717) is 28.3 Å². The van der Waals surface area contributed by atoms with Crippen molar-refractivity contribution in [3.8, 4) is 22.4 Å². The van der Waals surface area contributed by atoms with E-state index in [1.807, 2.05) is 19.1 Å². The van der Waals surface area contributed by atoms with E-state index in [0.717, 1.165) is 11.3 Å². The van der Waals surface area contributed by atoms with Gasteiger partial charge in [0, 0.05) is 29.4 Å². The number of anilines is 1. The van der Waals surface area contributed by atoms with Gasteiger partial charge < -0.3 is 5.73 Å². The Kier molecular flexibility index (Phi) is 5.45. The Hall–Kier alpha value is -4.27. The third-order valence-electron chi connectivity index (χ3n) is 5.52. The van der Waals surface area contributed by atoms with Crippen molar-refractivity contribution < 1.29 is 13.2 Å². The smallest absolute Gasteiger partial charge is 0.223 e. The van der Waals surface area contributed by atoms with Crippen molar-refractivity contribution in [2.75, 3.05) is 5.73 Å². The highest BCUT2D eigenvalue weighted by Gasteiger charge is 2.21. The minimum atomic E-state index is -0.614. The molecule has 0 aliphatic heterocycles. The number of aromatic nitrogens is 5. The number of benzene rings is 2. The fraction of sp³-hybridized carbons (Fsp3) is 0.120. The number of aryl methyl sites for hydroxylation is 2. The molecule has 0 atom stereocenters. The number of nitrogens with zero attached hydrogens (tertiary/aromatic N) is 5. The first-order valence-corrected chi connectivity index (χ1v) is 10.6. The van der Waals surface area contributed by atoms with Gasteiger partial charge in [-0.25, -0.2) is 23.1 Å². The van der Waals surface area contributed by atoms with Gasteiger partial charge in [0.2, 0.25) is 5.95 Å². The van der Waals surface area contributed by atoms with Gasteiger partial charge in [0.05, 0.1) is 11.3 Å². The summed E-state index contributed by atoms with van der Waals surface area (Å²) in [4.78, 5) is 13.4. The molecule has 0 fully saturated rings. The van der Waals surface area contributed by atoms with Crippen molar-refractivity contribution in [2.45, 2.75) is 19.8 Å². The van der Waals surface area contributed by atoms with Crippen LogP contribution in [0.25, 0.3) is 28.0 Å². The molecule has 0 saturated heterocycles. The summed E-state index contributed by atoms with van der Waals surface area (Å²) in [5, 5.41) is 4.44. The van der Waals surface area contributed by atoms with E-state index in [2.05, 4.69) is 20.1 Å². The molecule has 0 aliphatic carbocycles. The molecule has 0 amide bonds. The van der Waals surface area contributed by atoms with Crippen LogP contribution in [0.5, 0.6) is 0 Å². The van der Waals surface area contributed by atoms with Gasteiger partial charge >= 0.3 is 0 Å². The Morgan fingerprint density at radius 2 is 1.62 bits per heavy atom. The molecule has 0 aliphatic rings. The zero-order chi connectivity index (χ0) is 23.8. The summed E-state index contributed by atoms with van der Waals surface area (Å²) in [6, 6.07) is 13.4. The van der Waals surface area contributed by atoms with Gasteiger partial charge in [-0.05, 0) is 67.4 Å². The predicted octanol–water partition coefficient (Wildman–Crippen LogP) is 4.95. The van der Waals surface area contributed by atoms with Crippen LogP contribution in [-0.4, -0.2) is 24.6 Å². The number of rotatable bonds is 5. The number of nitrogens with two attached hydrogens (primary N) is 1. The lowest BCUT2D eigenvalue weighted by Crippen LogP contribution is -2.06. The zero-order valence-corrected chi connectivity index (χ0v) is 18.1. The van der Waals surface area contributed by atoms with Crippen LogP contribution in [-0.2, 0) is 12.8 Å². The van der Waals surface area contributed by atoms with Crippen LogP contribution in [0.1, 0.15) is 17.1 Å². The summed E-state index contributed by atoms with van der Waals surface area (Å²) in [6.45, 7) is 1.86. The van der Waals surface area contributed by atoms with Gasteiger partial charge in [-0.15, -0.1) is 5.10 Å². The number of hydrogen-bond donors (Lipinski definition) is 1. The molecular formula is C25H19F3N6. The second-order valence-electron chi connectivity index (χ2n) is 7.85. The Morgan fingerprint density at radius 1 is 0.882 bits per heavy atom. The van der Waals surface area contributed by atoms with E-state index in [1.165, 1.54) is 34.8 Å². The minimum absolute atomic E-state index is 0.0237. The second kappa shape index (κ2) is 8.58. The van der Waals surface area contributed by atoms with Crippen molar-refractivity contribution in [1.29, 1.82) is 0 Å². The lowest BCUT2D eigenvalue weighted by atomic mass is 10.00. The predicted molar refractivity (Wildman–Crippen MR) is 122 cm³/mol. The average molecular weight is 460 g/mol. The van der Waals surface area contributed by atoms with E-state index in [9.17, 15) is 13.2 Å². The molecule has 0 bridgehead atoms. The molecular weight excluding hydrogens is 441 g/mol. The molecule has 3 aromatic heterocycles. The minimum Gasteiger partial charge on any atom is -0.368 e. The third-order valence-corrected chi connectivity index (χ3v) is 5.52. The number of fused-ring (bicyclic) bond motifs is 1. The van der Waals surface area contributed by atoms with Crippen LogP contribution >= 0.6 is 0 Å². The van der Waals surface area contributed by atoms with Crippen LogP contribution < -0.4 is 5.73 Å². The molecule has 170 valence electrons. The Morgan fingerprint density at radius 3 is 2.32 bits per heavy atom. The van der Waals surface area contributed by atoms with Gasteiger partial charge in [0.1, 0.15) is 17.5 Å². The second-order valence-corrected chi connectivity index (χ2v) is 7.85. The summed E-state index contributed by atoms with van der Waals surface area (Å²) in [5.74, 6) is -1.16. The normalized spacial score (nSPS) is 11.3. The van der Waals surface area contributed by atoms with Crippen molar-refractivity contribution >= 4 is 11.6 Å². The van der Waals surface area contributed by atoms with Gasteiger partial charge in [0.15, 0.2) is 11.5 Å². The fourth-order valence-corrected chi connectivity index (χ4v) is 3.90. The van der Waals surface area contributed by atoms with Crippen LogP contribution in [0, 0.1) is 24.4 Å². The maximum atomic E-state index is 14.1. The molecule has 5 rings (SSSR count). The first-order valence-electron chi connectivity index (χ1n) is 10.6. The first kappa shape index (κ1) is 21.6. The first-order chi connectivity index (χ1) is 16.4. The number of pyridine rings is 1. The lowest BCUT2D eigenvalue weighted by molar-refractivity contribution is 0.553. The Balaban J connectivity index is 1.66. The molecule has 3 heterocycles. The van der Waals surface area contributed by atoms with Crippen molar-refractivity contribution in [3.05, 3.63) is 95.3 Å². The van der Waals surface area contributed by atoms with Crippen LogP contribution in [0.4, 0.5) is 19.1 Å². The maximum Gasteiger partial charge on any atom is 0.223 e. The topological polar surface area (TPSA) is 82.0 Å². The maximum absolute atomic E-state index is 14.1. The molecule has 34 heavy (non-hydrogen) atoms. The third kappa shape index (κ3) is 3.96. The highest BCUT2D eigenvalue weighted by molar-refractivity contribution is 5.90. The molecule has 0 unspecified atom stereocenters. The quantitative estimate of drug-likeness (QED) is 0.402. The van der Waals surface area contributed by atoms with E-state index >= 15 is 0 Å². The van der Waals surface area contributed by atoms with Gasteiger partial charge in [0.25, 0.3) is 0 Å². The molecule has 5 aromatic rings. The Labute approximate surface area is 192 Å². The number of nitrogen functional groups attached to an aromatic ring is 1. The zero-order valence-electron chi connectivity index (χ0n) is 18.1. The van der Waals surface area contributed by atoms with Gasteiger partial charge in [-0.1, -0.05) is 6.07 Å². The molecule has 0 radical (unpaired) electrons. The monoisotopic (exact) mass is 460 g/mol. The molecule has 2 aromatic carbocycles. The Bertz CT molecular complexity index is 1490. The van der Waals surface area contributed by atoms with Crippen LogP contribution in [0.3, 0.4) is 0 Å². The molecule has 6 nitrogen and oxygen atoms in total. The number of hydrogen-bond acceptors (Lipinski definition) is 5. The average Bonchev–Trinajstić information content (AvgIpc) is 3.24. The molecule has 2 N–H and O–H groups in total. The van der Waals surface area contributed by atoms with E-state index < -0.39 is 11.6 Å². The highest BCUT2D eigenvalue weighted by Crippen LogP contribution is 2.35. The van der Waals surface area contributed by atoms with Crippen LogP contribution in [0.15, 0.2) is 60.8 Å². The van der Waals surface area contributed by atoms with E-state index in [4.69, 9.17) is 5.73 Å². The molecule has 0 saturated carbocycles. The van der Waals surface area contributed by atoms with Crippen molar-refractivity contribution in [2.24, 2.45) is 0 Å². The van der Waals surface area contributed by atoms with E-state index in [-0.39, 0.29) is 30.2 Å². The van der Waals surface area contributed by atoms with Gasteiger partial charge in [-0.3, -0.25) is 4.98 Å². The fourth-order valence-electron chi connectivity index (χ4n) is 3.90. The highest BCUT2D eigenvalue weighted by atomic mass is 19.1. The van der Waals surface area contributed by atoms with E-state index in [1.54, 1.807) is 18.3 Å². The summed E-state index contributed by atoms with van der Waals surface area (Å²) >= 11 is 0. The SMILES string of the molecule is Cc1cc(-c2c(-c3ccc(F)cc3)nc(N)n3nc(CCc4c(F)cccc4F)nc23)ccn1. The van der Waals surface area contributed by atoms with Crippen molar-refractivity contribution in [3.63, 3.8) is 0 Å². The summed E-state index contributed by atoms with van der Waals surface area (Å²) in [6.07, 6.45) is 1.95. The summed E-state index contributed by atoms with van der Waals surface area (Å²) in [5.41, 5.74) is 9.99.